The quantitative estimate of drug-likeness (QED) is 0.811. The molecule has 2 rings (SSSR count). The van der Waals surface area contributed by atoms with Crippen molar-refractivity contribution in [3.63, 3.8) is 0 Å². The van der Waals surface area contributed by atoms with E-state index in [1.165, 1.54) is 0 Å². The van der Waals surface area contributed by atoms with Crippen LogP contribution in [0.4, 0.5) is 5.82 Å². The summed E-state index contributed by atoms with van der Waals surface area (Å²) >= 11 is 0. The molecule has 5 nitrogen and oxygen atoms in total. The minimum Gasteiger partial charge on any atom is -0.365 e. The Morgan fingerprint density at radius 3 is 2.69 bits per heavy atom. The molecule has 0 saturated heterocycles. The molecule has 16 heavy (non-hydrogen) atoms. The van der Waals surface area contributed by atoms with E-state index in [9.17, 15) is 4.79 Å². The van der Waals surface area contributed by atoms with Gasteiger partial charge in [-0.3, -0.25) is 4.79 Å². The number of hydrogen-bond acceptors (Lipinski definition) is 3. The second kappa shape index (κ2) is 3.52. The first kappa shape index (κ1) is 10.5. The van der Waals surface area contributed by atoms with E-state index in [1.54, 1.807) is 15.5 Å². The SMILES string of the molecule is Cc1cc2cc(C(N)=O)c(N(C)C)nn2c1. The Hall–Kier alpha value is -2.04. The number of rotatable bonds is 2. The molecule has 2 aromatic heterocycles. The third-order valence-corrected chi connectivity index (χ3v) is 2.39. The summed E-state index contributed by atoms with van der Waals surface area (Å²) in [4.78, 5) is 13.1. The van der Waals surface area contributed by atoms with Crippen LogP contribution in [-0.4, -0.2) is 29.6 Å². The van der Waals surface area contributed by atoms with Crippen molar-refractivity contribution in [2.45, 2.75) is 6.92 Å². The predicted octanol–water partition coefficient (Wildman–Crippen LogP) is 0.808. The molecular weight excluding hydrogens is 204 g/mol. The monoisotopic (exact) mass is 218 g/mol. The van der Waals surface area contributed by atoms with Crippen LogP contribution in [-0.2, 0) is 0 Å². The first-order valence-corrected chi connectivity index (χ1v) is 4.96. The lowest BCUT2D eigenvalue weighted by molar-refractivity contribution is 0.100. The standard InChI is InChI=1S/C11H14N4O/c1-7-4-8-5-9(10(12)16)11(14(2)3)13-15(8)6-7/h4-6H,1-3H3,(H2,12,16). The normalized spacial score (nSPS) is 10.7. The van der Waals surface area contributed by atoms with Crippen molar-refractivity contribution >= 4 is 17.2 Å². The lowest BCUT2D eigenvalue weighted by Gasteiger charge is -2.14. The zero-order valence-corrected chi connectivity index (χ0v) is 9.56. The smallest absolute Gasteiger partial charge is 0.252 e. The number of nitrogens with two attached hydrogens (primary N) is 1. The number of carbonyl (C=O) groups excluding carboxylic acids is 1. The lowest BCUT2D eigenvalue weighted by Crippen LogP contribution is -2.21. The Morgan fingerprint density at radius 1 is 1.44 bits per heavy atom. The third-order valence-electron chi connectivity index (χ3n) is 2.39. The summed E-state index contributed by atoms with van der Waals surface area (Å²) in [6.45, 7) is 1.98. The highest BCUT2D eigenvalue weighted by molar-refractivity contribution is 5.98. The molecule has 1 amide bonds. The van der Waals surface area contributed by atoms with Crippen LogP contribution in [0.25, 0.3) is 5.52 Å². The summed E-state index contributed by atoms with van der Waals surface area (Å²) in [5.41, 5.74) is 7.74. The van der Waals surface area contributed by atoms with E-state index in [0.717, 1.165) is 11.1 Å². The van der Waals surface area contributed by atoms with Crippen molar-refractivity contribution in [2.75, 3.05) is 19.0 Å². The molecule has 0 radical (unpaired) electrons. The minimum absolute atomic E-state index is 0.440. The van der Waals surface area contributed by atoms with Crippen molar-refractivity contribution in [3.8, 4) is 0 Å². The fourth-order valence-electron chi connectivity index (χ4n) is 1.68. The fraction of sp³-hybridized carbons (Fsp3) is 0.273. The summed E-state index contributed by atoms with van der Waals surface area (Å²) < 4.78 is 1.75. The Morgan fingerprint density at radius 2 is 2.12 bits per heavy atom. The molecule has 0 aliphatic rings. The van der Waals surface area contributed by atoms with Gasteiger partial charge < -0.3 is 10.6 Å². The maximum absolute atomic E-state index is 11.3. The van der Waals surface area contributed by atoms with Gasteiger partial charge in [-0.25, -0.2) is 4.52 Å². The van der Waals surface area contributed by atoms with Crippen molar-refractivity contribution < 1.29 is 4.79 Å². The van der Waals surface area contributed by atoms with Crippen LogP contribution in [0, 0.1) is 6.92 Å². The first-order valence-electron chi connectivity index (χ1n) is 4.96. The van der Waals surface area contributed by atoms with Crippen LogP contribution >= 0.6 is 0 Å². The number of aromatic nitrogens is 2. The van der Waals surface area contributed by atoms with Crippen LogP contribution in [0.1, 0.15) is 15.9 Å². The number of anilines is 1. The van der Waals surface area contributed by atoms with Crippen LogP contribution in [0.2, 0.25) is 0 Å². The second-order valence-electron chi connectivity index (χ2n) is 4.03. The van der Waals surface area contributed by atoms with E-state index in [2.05, 4.69) is 5.10 Å². The van der Waals surface area contributed by atoms with Gasteiger partial charge in [0.05, 0.1) is 11.1 Å². The van der Waals surface area contributed by atoms with E-state index in [1.807, 2.05) is 33.3 Å². The molecule has 5 heteroatoms. The Kier molecular flexibility index (Phi) is 2.30. The van der Waals surface area contributed by atoms with E-state index in [4.69, 9.17) is 5.73 Å². The zero-order chi connectivity index (χ0) is 11.9. The average molecular weight is 218 g/mol. The number of primary amides is 1. The molecule has 0 fully saturated rings. The van der Waals surface area contributed by atoms with Gasteiger partial charge in [0.1, 0.15) is 0 Å². The van der Waals surface area contributed by atoms with Gasteiger partial charge >= 0.3 is 0 Å². The minimum atomic E-state index is -0.461. The summed E-state index contributed by atoms with van der Waals surface area (Å²) in [7, 11) is 3.66. The molecule has 2 aromatic rings. The fourth-order valence-corrected chi connectivity index (χ4v) is 1.68. The van der Waals surface area contributed by atoms with Crippen molar-refractivity contribution in [3.05, 3.63) is 29.5 Å². The highest BCUT2D eigenvalue weighted by atomic mass is 16.1. The van der Waals surface area contributed by atoms with Gasteiger partial charge in [0.2, 0.25) is 0 Å². The number of fused-ring (bicyclic) bond motifs is 1. The Labute approximate surface area is 93.5 Å². The molecule has 0 aliphatic carbocycles. The van der Waals surface area contributed by atoms with Crippen molar-refractivity contribution in [2.24, 2.45) is 5.73 Å². The highest BCUT2D eigenvalue weighted by Crippen LogP contribution is 2.18. The van der Waals surface area contributed by atoms with Crippen molar-refractivity contribution in [1.82, 2.24) is 9.61 Å². The van der Waals surface area contributed by atoms with Gasteiger partial charge in [-0.15, -0.1) is 5.10 Å². The average Bonchev–Trinajstić information content (AvgIpc) is 2.54. The molecule has 84 valence electrons. The lowest BCUT2D eigenvalue weighted by atomic mass is 10.2. The van der Waals surface area contributed by atoms with Crippen LogP contribution < -0.4 is 10.6 Å². The maximum atomic E-state index is 11.3. The topological polar surface area (TPSA) is 63.6 Å². The number of amides is 1. The van der Waals surface area contributed by atoms with E-state index in [-0.39, 0.29) is 0 Å². The molecule has 0 unspecified atom stereocenters. The van der Waals surface area contributed by atoms with Crippen LogP contribution in [0.5, 0.6) is 0 Å². The Balaban J connectivity index is 2.75. The summed E-state index contributed by atoms with van der Waals surface area (Å²) in [5.74, 6) is 0.119. The Bertz CT molecular complexity index is 556. The zero-order valence-electron chi connectivity index (χ0n) is 9.56. The molecule has 2 heterocycles. The molecule has 0 aliphatic heterocycles. The van der Waals surface area contributed by atoms with Gasteiger partial charge in [-0.2, -0.15) is 0 Å². The molecule has 0 spiro atoms. The number of aryl methyl sites for hydroxylation is 1. The molecule has 0 saturated carbocycles. The molecular formula is C11H14N4O. The molecule has 2 N–H and O–H groups in total. The maximum Gasteiger partial charge on any atom is 0.252 e. The summed E-state index contributed by atoms with van der Waals surface area (Å²) in [6, 6.07) is 3.72. The van der Waals surface area contributed by atoms with E-state index in [0.29, 0.717) is 11.4 Å². The number of nitrogens with zero attached hydrogens (tertiary/aromatic N) is 3. The second-order valence-corrected chi connectivity index (χ2v) is 4.03. The first-order chi connectivity index (χ1) is 7.49. The van der Waals surface area contributed by atoms with Gasteiger partial charge in [0, 0.05) is 20.3 Å². The summed E-state index contributed by atoms with van der Waals surface area (Å²) in [6.07, 6.45) is 1.91. The third kappa shape index (κ3) is 1.60. The van der Waals surface area contributed by atoms with Crippen LogP contribution in [0.3, 0.4) is 0 Å². The predicted molar refractivity (Wildman–Crippen MR) is 62.8 cm³/mol. The van der Waals surface area contributed by atoms with Gasteiger partial charge in [-0.1, -0.05) is 0 Å². The largest absolute Gasteiger partial charge is 0.365 e. The number of hydrogen-bond donors (Lipinski definition) is 1. The van der Waals surface area contributed by atoms with E-state index < -0.39 is 5.91 Å². The van der Waals surface area contributed by atoms with Gasteiger partial charge in [0.25, 0.3) is 5.91 Å². The van der Waals surface area contributed by atoms with Crippen molar-refractivity contribution in [1.29, 1.82) is 0 Å². The van der Waals surface area contributed by atoms with Gasteiger partial charge in [0.15, 0.2) is 5.82 Å². The highest BCUT2D eigenvalue weighted by Gasteiger charge is 2.13. The van der Waals surface area contributed by atoms with Gasteiger partial charge in [-0.05, 0) is 24.6 Å². The number of carbonyl (C=O) groups is 1. The summed E-state index contributed by atoms with van der Waals surface area (Å²) in [5, 5.41) is 4.36. The van der Waals surface area contributed by atoms with Crippen LogP contribution in [0.15, 0.2) is 18.3 Å². The molecule has 0 aromatic carbocycles. The molecule has 0 bridgehead atoms. The van der Waals surface area contributed by atoms with E-state index >= 15 is 0 Å². The molecule has 0 atom stereocenters.